The maximum absolute atomic E-state index is 10.9. The molecule has 0 saturated heterocycles. The molecule has 1 aromatic heterocycles. The van der Waals surface area contributed by atoms with E-state index in [0.29, 0.717) is 18.1 Å². The van der Waals surface area contributed by atoms with Crippen molar-refractivity contribution in [2.75, 3.05) is 7.11 Å². The Bertz CT molecular complexity index is 531. The molecule has 0 spiro atoms. The number of ketones is 1. The zero-order valence-electron chi connectivity index (χ0n) is 10.3. The van der Waals surface area contributed by atoms with Gasteiger partial charge in [0, 0.05) is 0 Å². The molecule has 0 amide bonds. The summed E-state index contributed by atoms with van der Waals surface area (Å²) < 4.78 is 10.2. The van der Waals surface area contributed by atoms with Gasteiger partial charge < -0.3 is 9.26 Å². The van der Waals surface area contributed by atoms with Crippen LogP contribution in [0.1, 0.15) is 24.2 Å². The van der Waals surface area contributed by atoms with Crippen molar-refractivity contribution in [2.45, 2.75) is 19.8 Å². The number of Topliss-reactive ketones (excluding diaryl/α,β-unsaturated/α-hetero) is 1. The number of ether oxygens (including phenoxy) is 1. The maximum atomic E-state index is 10.9. The molecular formula is C13H14N2O3. The number of benzene rings is 1. The first-order valence-corrected chi connectivity index (χ1v) is 5.61. The summed E-state index contributed by atoms with van der Waals surface area (Å²) in [5.41, 5.74) is 1.05. The molecule has 18 heavy (non-hydrogen) atoms. The van der Waals surface area contributed by atoms with Gasteiger partial charge in [-0.05, 0) is 24.6 Å². The standard InChI is InChI=1S/C13H14N2O3/c1-9(16)7-12-14-13(18-15-12)8-10-3-5-11(17-2)6-4-10/h3-6H,7-8H2,1-2H3. The van der Waals surface area contributed by atoms with Crippen LogP contribution in [0.4, 0.5) is 0 Å². The largest absolute Gasteiger partial charge is 0.497 e. The quantitative estimate of drug-likeness (QED) is 0.804. The topological polar surface area (TPSA) is 65.2 Å². The third-order valence-electron chi connectivity index (χ3n) is 2.43. The first kappa shape index (κ1) is 12.3. The van der Waals surface area contributed by atoms with Gasteiger partial charge in [0.15, 0.2) is 5.82 Å². The second-order valence-electron chi connectivity index (χ2n) is 4.01. The summed E-state index contributed by atoms with van der Waals surface area (Å²) in [7, 11) is 1.63. The van der Waals surface area contributed by atoms with Gasteiger partial charge in [-0.15, -0.1) is 0 Å². The summed E-state index contributed by atoms with van der Waals surface area (Å²) >= 11 is 0. The lowest BCUT2D eigenvalue weighted by Gasteiger charge is -2.00. The number of carbonyl (C=O) groups excluding carboxylic acids is 1. The summed E-state index contributed by atoms with van der Waals surface area (Å²) in [6.07, 6.45) is 0.765. The molecule has 0 saturated carbocycles. The molecule has 1 heterocycles. The highest BCUT2D eigenvalue weighted by Gasteiger charge is 2.08. The van der Waals surface area contributed by atoms with Gasteiger partial charge in [-0.1, -0.05) is 17.3 Å². The van der Waals surface area contributed by atoms with Crippen molar-refractivity contribution in [1.29, 1.82) is 0 Å². The van der Waals surface area contributed by atoms with Crippen molar-refractivity contribution in [3.8, 4) is 5.75 Å². The van der Waals surface area contributed by atoms with Crippen LogP contribution < -0.4 is 4.74 Å². The van der Waals surface area contributed by atoms with E-state index in [4.69, 9.17) is 9.26 Å². The number of aromatic nitrogens is 2. The maximum Gasteiger partial charge on any atom is 0.231 e. The van der Waals surface area contributed by atoms with Gasteiger partial charge in [0.05, 0.1) is 20.0 Å². The Balaban J connectivity index is 2.03. The van der Waals surface area contributed by atoms with Gasteiger partial charge in [0.1, 0.15) is 11.5 Å². The minimum atomic E-state index is 0.0202. The molecule has 0 aliphatic heterocycles. The summed E-state index contributed by atoms with van der Waals surface area (Å²) in [5.74, 6) is 1.77. The lowest BCUT2D eigenvalue weighted by molar-refractivity contribution is -0.116. The Morgan fingerprint density at radius 2 is 2.06 bits per heavy atom. The van der Waals surface area contributed by atoms with Gasteiger partial charge in [-0.3, -0.25) is 4.79 Å². The number of carbonyl (C=O) groups is 1. The molecule has 94 valence electrons. The lowest BCUT2D eigenvalue weighted by Crippen LogP contribution is -1.98. The number of methoxy groups -OCH3 is 1. The smallest absolute Gasteiger partial charge is 0.231 e. The van der Waals surface area contributed by atoms with Crippen LogP contribution in [0.15, 0.2) is 28.8 Å². The highest BCUT2D eigenvalue weighted by Crippen LogP contribution is 2.14. The van der Waals surface area contributed by atoms with Crippen molar-refractivity contribution >= 4 is 5.78 Å². The average Bonchev–Trinajstić information content (AvgIpc) is 2.76. The van der Waals surface area contributed by atoms with Crippen LogP contribution in [0.25, 0.3) is 0 Å². The minimum absolute atomic E-state index is 0.0202. The van der Waals surface area contributed by atoms with E-state index in [0.717, 1.165) is 11.3 Å². The van der Waals surface area contributed by atoms with Gasteiger partial charge >= 0.3 is 0 Å². The first-order valence-electron chi connectivity index (χ1n) is 5.61. The van der Waals surface area contributed by atoms with E-state index < -0.39 is 0 Å². The zero-order chi connectivity index (χ0) is 13.0. The molecule has 5 nitrogen and oxygen atoms in total. The molecule has 0 atom stereocenters. The van der Waals surface area contributed by atoms with Crippen molar-refractivity contribution < 1.29 is 14.1 Å². The van der Waals surface area contributed by atoms with E-state index in [-0.39, 0.29) is 12.2 Å². The fourth-order valence-corrected chi connectivity index (χ4v) is 1.57. The number of hydrogen-bond acceptors (Lipinski definition) is 5. The normalized spacial score (nSPS) is 10.3. The first-order chi connectivity index (χ1) is 8.67. The molecule has 0 bridgehead atoms. The van der Waals surface area contributed by atoms with Gasteiger partial charge in [0.2, 0.25) is 5.89 Å². The van der Waals surface area contributed by atoms with Crippen molar-refractivity contribution in [3.05, 3.63) is 41.5 Å². The van der Waals surface area contributed by atoms with Crippen LogP contribution in [-0.2, 0) is 17.6 Å². The summed E-state index contributed by atoms with van der Waals surface area (Å²) in [4.78, 5) is 15.1. The second kappa shape index (κ2) is 5.44. The van der Waals surface area contributed by atoms with Crippen LogP contribution in [0.3, 0.4) is 0 Å². The molecule has 0 N–H and O–H groups in total. The number of nitrogens with zero attached hydrogens (tertiary/aromatic N) is 2. The molecule has 0 radical (unpaired) electrons. The average molecular weight is 246 g/mol. The summed E-state index contributed by atoms with van der Waals surface area (Å²) in [6, 6.07) is 7.63. The Kier molecular flexibility index (Phi) is 3.72. The van der Waals surface area contributed by atoms with Crippen LogP contribution >= 0.6 is 0 Å². The Labute approximate surface area is 105 Å². The monoisotopic (exact) mass is 246 g/mol. The fourth-order valence-electron chi connectivity index (χ4n) is 1.57. The van der Waals surface area contributed by atoms with E-state index >= 15 is 0 Å². The molecule has 0 fully saturated rings. The van der Waals surface area contributed by atoms with Crippen molar-refractivity contribution in [2.24, 2.45) is 0 Å². The van der Waals surface area contributed by atoms with Crippen LogP contribution in [-0.4, -0.2) is 23.0 Å². The molecule has 0 unspecified atom stereocenters. The van der Waals surface area contributed by atoms with Crippen LogP contribution in [0.2, 0.25) is 0 Å². The SMILES string of the molecule is COc1ccc(Cc2nc(CC(C)=O)no2)cc1. The zero-order valence-corrected chi connectivity index (χ0v) is 10.3. The third-order valence-corrected chi connectivity index (χ3v) is 2.43. The van der Waals surface area contributed by atoms with E-state index in [9.17, 15) is 4.79 Å². The lowest BCUT2D eigenvalue weighted by atomic mass is 10.1. The molecule has 0 aliphatic carbocycles. The molecule has 0 aliphatic rings. The molecule has 1 aromatic carbocycles. The summed E-state index contributed by atoms with van der Waals surface area (Å²) in [5, 5.41) is 3.75. The van der Waals surface area contributed by atoms with Crippen molar-refractivity contribution in [1.82, 2.24) is 10.1 Å². The Morgan fingerprint density at radius 1 is 1.33 bits per heavy atom. The highest BCUT2D eigenvalue weighted by atomic mass is 16.5. The van der Waals surface area contributed by atoms with Crippen LogP contribution in [0, 0.1) is 0 Å². The summed E-state index contributed by atoms with van der Waals surface area (Å²) in [6.45, 7) is 1.50. The Morgan fingerprint density at radius 3 is 2.67 bits per heavy atom. The molecule has 2 rings (SSSR count). The minimum Gasteiger partial charge on any atom is -0.497 e. The van der Waals surface area contributed by atoms with E-state index in [1.54, 1.807) is 7.11 Å². The van der Waals surface area contributed by atoms with E-state index in [1.807, 2.05) is 24.3 Å². The Hall–Kier alpha value is -2.17. The van der Waals surface area contributed by atoms with Gasteiger partial charge in [-0.2, -0.15) is 4.98 Å². The number of hydrogen-bond donors (Lipinski definition) is 0. The van der Waals surface area contributed by atoms with E-state index in [2.05, 4.69) is 10.1 Å². The van der Waals surface area contributed by atoms with Crippen molar-refractivity contribution in [3.63, 3.8) is 0 Å². The molecule has 2 aromatic rings. The third kappa shape index (κ3) is 3.16. The van der Waals surface area contributed by atoms with Gasteiger partial charge in [0.25, 0.3) is 0 Å². The highest BCUT2D eigenvalue weighted by molar-refractivity contribution is 5.77. The predicted octanol–water partition coefficient (Wildman–Crippen LogP) is 1.80. The van der Waals surface area contributed by atoms with Crippen LogP contribution in [0.5, 0.6) is 5.75 Å². The second-order valence-corrected chi connectivity index (χ2v) is 4.01. The fraction of sp³-hybridized carbons (Fsp3) is 0.308. The molecule has 5 heteroatoms. The van der Waals surface area contributed by atoms with Gasteiger partial charge in [-0.25, -0.2) is 0 Å². The number of rotatable bonds is 5. The predicted molar refractivity (Wildman–Crippen MR) is 64.5 cm³/mol. The van der Waals surface area contributed by atoms with E-state index in [1.165, 1.54) is 6.92 Å². The molecular weight excluding hydrogens is 232 g/mol.